The van der Waals surface area contributed by atoms with Crippen LogP contribution in [0.3, 0.4) is 0 Å². The molecule has 0 saturated carbocycles. The van der Waals surface area contributed by atoms with Gasteiger partial charge in [-0.3, -0.25) is 9.69 Å². The monoisotopic (exact) mass is 451 g/mol. The highest BCUT2D eigenvalue weighted by molar-refractivity contribution is 8.26. The van der Waals surface area contributed by atoms with E-state index in [4.69, 9.17) is 26.5 Å². The zero-order valence-corrected chi connectivity index (χ0v) is 18.3. The Morgan fingerprint density at radius 1 is 1.13 bits per heavy atom. The normalized spacial score (nSPS) is 15.1. The largest absolute Gasteiger partial charge is 0.491 e. The van der Waals surface area contributed by atoms with E-state index in [9.17, 15) is 4.79 Å². The zero-order valence-electron chi connectivity index (χ0n) is 16.7. The second-order valence-corrected chi connectivity index (χ2v) is 8.59. The number of ether oxygens (including phenoxy) is 1. The van der Waals surface area contributed by atoms with E-state index >= 15 is 0 Å². The number of carbonyl (C=O) groups excluding carboxylic acids is 1. The fraction of sp³-hybridized carbons (Fsp3) is 0.167. The molecule has 5 nitrogen and oxygen atoms in total. The second kappa shape index (κ2) is 9.96. The molecule has 0 bridgehead atoms. The minimum atomic E-state index is -0.0759. The summed E-state index contributed by atoms with van der Waals surface area (Å²) >= 11 is 6.74. The quantitative estimate of drug-likeness (QED) is 0.394. The van der Waals surface area contributed by atoms with Crippen LogP contribution in [0, 0.1) is 0 Å². The minimum absolute atomic E-state index is 0.0430. The van der Waals surface area contributed by atoms with Crippen LogP contribution in [0.1, 0.15) is 11.1 Å². The van der Waals surface area contributed by atoms with Gasteiger partial charge >= 0.3 is 0 Å². The Bertz CT molecular complexity index is 1110. The van der Waals surface area contributed by atoms with E-state index in [1.54, 1.807) is 17.2 Å². The number of furan rings is 1. The number of hydrogen-bond donors (Lipinski definition) is 1. The molecule has 3 aromatic rings. The third kappa shape index (κ3) is 5.25. The maximum Gasteiger partial charge on any atom is 0.266 e. The standard InChI is InChI=1S/C24H21NO4S2/c26-11-12-28-20-8-4-7-19(15-20)21-13-18(16-29-21)14-22-23(27)25(24(30)31-22)10-9-17-5-2-1-3-6-17/h1-8,13-16,26H,9-12H2/b22-14+. The van der Waals surface area contributed by atoms with Gasteiger partial charge in [0.05, 0.1) is 17.8 Å². The lowest BCUT2D eigenvalue weighted by Gasteiger charge is -2.14. The predicted octanol–water partition coefficient (Wildman–Crippen LogP) is 4.76. The van der Waals surface area contributed by atoms with Crippen LogP contribution in [0.25, 0.3) is 17.4 Å². The second-order valence-electron chi connectivity index (χ2n) is 6.91. The van der Waals surface area contributed by atoms with E-state index in [1.165, 1.54) is 17.3 Å². The number of aliphatic hydroxyl groups excluding tert-OH is 1. The number of amides is 1. The number of hydrogen-bond acceptors (Lipinski definition) is 6. The van der Waals surface area contributed by atoms with Crippen LogP contribution in [0.2, 0.25) is 0 Å². The lowest BCUT2D eigenvalue weighted by Crippen LogP contribution is -2.30. The molecule has 7 heteroatoms. The van der Waals surface area contributed by atoms with Crippen molar-refractivity contribution >= 4 is 40.3 Å². The van der Waals surface area contributed by atoms with Gasteiger partial charge in [-0.05, 0) is 36.3 Å². The summed E-state index contributed by atoms with van der Waals surface area (Å²) in [7, 11) is 0. The molecule has 31 heavy (non-hydrogen) atoms. The number of rotatable bonds is 8. The van der Waals surface area contributed by atoms with E-state index in [-0.39, 0.29) is 19.1 Å². The van der Waals surface area contributed by atoms with E-state index in [2.05, 4.69) is 0 Å². The van der Waals surface area contributed by atoms with Crippen molar-refractivity contribution in [1.29, 1.82) is 0 Å². The van der Waals surface area contributed by atoms with Gasteiger partial charge in [0.1, 0.15) is 22.4 Å². The first-order valence-corrected chi connectivity index (χ1v) is 11.1. The molecule has 2 aromatic carbocycles. The van der Waals surface area contributed by atoms with Crippen LogP contribution >= 0.6 is 24.0 Å². The lowest BCUT2D eigenvalue weighted by molar-refractivity contribution is -0.122. The molecular formula is C24H21NO4S2. The van der Waals surface area contributed by atoms with Crippen LogP contribution in [-0.2, 0) is 11.2 Å². The molecule has 1 amide bonds. The van der Waals surface area contributed by atoms with Crippen LogP contribution < -0.4 is 4.74 Å². The molecule has 4 rings (SSSR count). The SMILES string of the molecule is O=C1/C(=C\c2coc(-c3cccc(OCCO)c3)c2)SC(=S)N1CCc1ccccc1. The lowest BCUT2D eigenvalue weighted by atomic mass is 10.1. The Balaban J connectivity index is 1.45. The Labute approximate surface area is 190 Å². The van der Waals surface area contributed by atoms with Crippen molar-refractivity contribution in [2.45, 2.75) is 6.42 Å². The summed E-state index contributed by atoms with van der Waals surface area (Å²) in [6, 6.07) is 19.4. The third-order valence-electron chi connectivity index (χ3n) is 4.74. The Hall–Kier alpha value is -2.87. The van der Waals surface area contributed by atoms with E-state index < -0.39 is 0 Å². The molecule has 1 fully saturated rings. The van der Waals surface area contributed by atoms with Crippen LogP contribution in [0.5, 0.6) is 5.75 Å². The van der Waals surface area contributed by atoms with Crippen LogP contribution in [-0.4, -0.2) is 40.0 Å². The molecule has 0 radical (unpaired) electrons. The first-order chi connectivity index (χ1) is 15.1. The van der Waals surface area contributed by atoms with Gasteiger partial charge in [0.2, 0.25) is 0 Å². The van der Waals surface area contributed by atoms with Crippen molar-refractivity contribution in [3.63, 3.8) is 0 Å². The van der Waals surface area contributed by atoms with Crippen molar-refractivity contribution in [2.24, 2.45) is 0 Å². The van der Waals surface area contributed by atoms with Crippen LogP contribution in [0.4, 0.5) is 0 Å². The van der Waals surface area contributed by atoms with Crippen molar-refractivity contribution < 1.29 is 19.1 Å². The number of thiocarbonyl (C=S) groups is 1. The summed E-state index contributed by atoms with van der Waals surface area (Å²) in [5, 5.41) is 8.91. The molecule has 0 spiro atoms. The minimum Gasteiger partial charge on any atom is -0.491 e. The van der Waals surface area contributed by atoms with Gasteiger partial charge in [-0.1, -0.05) is 66.4 Å². The Kier molecular flexibility index (Phi) is 6.86. The first kappa shape index (κ1) is 21.4. The topological polar surface area (TPSA) is 62.9 Å². The molecule has 158 valence electrons. The Morgan fingerprint density at radius 3 is 2.77 bits per heavy atom. The molecule has 2 heterocycles. The average molecular weight is 452 g/mol. The highest BCUT2D eigenvalue weighted by atomic mass is 32.2. The van der Waals surface area contributed by atoms with Gasteiger partial charge in [-0.15, -0.1) is 0 Å². The number of carbonyl (C=O) groups is 1. The molecule has 1 N–H and O–H groups in total. The summed E-state index contributed by atoms with van der Waals surface area (Å²) in [5.41, 5.74) is 2.82. The number of benzene rings is 2. The van der Waals surface area contributed by atoms with Crippen LogP contribution in [0.15, 0.2) is 76.2 Å². The van der Waals surface area contributed by atoms with Gasteiger partial charge in [-0.2, -0.15) is 0 Å². The van der Waals surface area contributed by atoms with Gasteiger partial charge in [0.25, 0.3) is 5.91 Å². The summed E-state index contributed by atoms with van der Waals surface area (Å²) < 4.78 is 11.7. The van der Waals surface area contributed by atoms with E-state index in [0.717, 1.165) is 17.5 Å². The highest BCUT2D eigenvalue weighted by Crippen LogP contribution is 2.34. The third-order valence-corrected chi connectivity index (χ3v) is 6.11. The highest BCUT2D eigenvalue weighted by Gasteiger charge is 2.31. The summed E-state index contributed by atoms with van der Waals surface area (Å²) in [5.74, 6) is 1.25. The van der Waals surface area contributed by atoms with E-state index in [0.29, 0.717) is 27.3 Å². The van der Waals surface area contributed by atoms with Gasteiger partial charge in [0.15, 0.2) is 0 Å². The molecule has 1 aliphatic heterocycles. The summed E-state index contributed by atoms with van der Waals surface area (Å²) in [6.07, 6.45) is 4.18. The maximum absolute atomic E-state index is 12.8. The smallest absolute Gasteiger partial charge is 0.266 e. The first-order valence-electron chi connectivity index (χ1n) is 9.86. The zero-order chi connectivity index (χ0) is 21.6. The summed E-state index contributed by atoms with van der Waals surface area (Å²) in [4.78, 5) is 15.1. The van der Waals surface area contributed by atoms with Crippen molar-refractivity contribution in [3.05, 3.63) is 83.0 Å². The molecule has 0 aliphatic carbocycles. The molecule has 0 unspecified atom stereocenters. The summed E-state index contributed by atoms with van der Waals surface area (Å²) in [6.45, 7) is 0.751. The van der Waals surface area contributed by atoms with E-state index in [1.807, 2.05) is 60.7 Å². The Morgan fingerprint density at radius 2 is 1.97 bits per heavy atom. The fourth-order valence-corrected chi connectivity index (χ4v) is 4.52. The number of nitrogens with zero attached hydrogens (tertiary/aromatic N) is 1. The van der Waals surface area contributed by atoms with Crippen molar-refractivity contribution in [3.8, 4) is 17.1 Å². The van der Waals surface area contributed by atoms with Gasteiger partial charge in [0, 0.05) is 17.7 Å². The molecule has 0 atom stereocenters. The average Bonchev–Trinajstić information content (AvgIpc) is 3.36. The van der Waals surface area contributed by atoms with Crippen molar-refractivity contribution in [2.75, 3.05) is 19.8 Å². The fourth-order valence-electron chi connectivity index (χ4n) is 3.21. The predicted molar refractivity (Wildman–Crippen MR) is 127 cm³/mol. The van der Waals surface area contributed by atoms with Gasteiger partial charge < -0.3 is 14.3 Å². The molecule has 1 aromatic heterocycles. The maximum atomic E-state index is 12.8. The molecule has 1 saturated heterocycles. The molecular weight excluding hydrogens is 430 g/mol. The number of thioether (sulfide) groups is 1. The van der Waals surface area contributed by atoms with Crippen molar-refractivity contribution in [1.82, 2.24) is 4.90 Å². The van der Waals surface area contributed by atoms with Gasteiger partial charge in [-0.25, -0.2) is 0 Å². The molecule has 1 aliphatic rings. The number of aliphatic hydroxyl groups is 1.